The van der Waals surface area contributed by atoms with E-state index >= 15 is 0 Å². The summed E-state index contributed by atoms with van der Waals surface area (Å²) in [4.78, 5) is 2.15. The molecule has 0 aromatic carbocycles. The van der Waals surface area contributed by atoms with Gasteiger partial charge in [-0.1, -0.05) is 13.8 Å². The second-order valence-corrected chi connectivity index (χ2v) is 7.97. The minimum absolute atomic E-state index is 0.239. The second-order valence-electron chi connectivity index (χ2n) is 4.38. The lowest BCUT2D eigenvalue weighted by molar-refractivity contribution is 0.201. The molecular formula is C11H24N2O2S2. The lowest BCUT2D eigenvalue weighted by atomic mass is 10.2. The largest absolute Gasteiger partial charge is 0.315 e. The SMILES string of the molecule is CCNCC(C)N1CCSCC1S(=O)(=O)CC. The van der Waals surface area contributed by atoms with Crippen LogP contribution in [0.2, 0.25) is 0 Å². The minimum atomic E-state index is -2.96. The minimum Gasteiger partial charge on any atom is -0.315 e. The predicted molar refractivity (Wildman–Crippen MR) is 75.3 cm³/mol. The van der Waals surface area contributed by atoms with Crippen LogP contribution in [0.1, 0.15) is 20.8 Å². The molecule has 0 bridgehead atoms. The maximum absolute atomic E-state index is 12.1. The highest BCUT2D eigenvalue weighted by atomic mass is 32.2. The van der Waals surface area contributed by atoms with Crippen LogP contribution >= 0.6 is 11.8 Å². The van der Waals surface area contributed by atoms with Crippen molar-refractivity contribution >= 4 is 21.6 Å². The highest BCUT2D eigenvalue weighted by Gasteiger charge is 2.34. The van der Waals surface area contributed by atoms with Crippen LogP contribution in [0.15, 0.2) is 0 Å². The number of likely N-dealkylation sites (N-methyl/N-ethyl adjacent to an activating group) is 1. The molecule has 0 aromatic rings. The third kappa shape index (κ3) is 4.12. The van der Waals surface area contributed by atoms with E-state index in [1.54, 1.807) is 18.7 Å². The van der Waals surface area contributed by atoms with Crippen LogP contribution < -0.4 is 5.32 Å². The van der Waals surface area contributed by atoms with E-state index in [1.807, 2.05) is 0 Å². The first-order chi connectivity index (χ1) is 8.03. The summed E-state index contributed by atoms with van der Waals surface area (Å²) in [5, 5.41) is 3.00. The summed E-state index contributed by atoms with van der Waals surface area (Å²) in [6.07, 6.45) is 0. The number of thioether (sulfide) groups is 1. The Bertz CT molecular complexity index is 319. The van der Waals surface area contributed by atoms with Crippen molar-refractivity contribution in [2.45, 2.75) is 32.2 Å². The van der Waals surface area contributed by atoms with Crippen molar-refractivity contribution in [3.05, 3.63) is 0 Å². The number of nitrogens with zero attached hydrogens (tertiary/aromatic N) is 1. The zero-order valence-corrected chi connectivity index (χ0v) is 12.6. The van der Waals surface area contributed by atoms with E-state index < -0.39 is 9.84 Å². The molecule has 1 aliphatic rings. The lowest BCUT2D eigenvalue weighted by Gasteiger charge is -2.38. The molecule has 102 valence electrons. The predicted octanol–water partition coefficient (Wildman–Crippen LogP) is 0.794. The molecule has 0 aliphatic carbocycles. The molecule has 0 amide bonds. The molecule has 1 saturated heterocycles. The van der Waals surface area contributed by atoms with Crippen molar-refractivity contribution in [1.82, 2.24) is 10.2 Å². The number of hydrogen-bond donors (Lipinski definition) is 1. The van der Waals surface area contributed by atoms with E-state index in [0.29, 0.717) is 5.75 Å². The van der Waals surface area contributed by atoms with Gasteiger partial charge in [-0.3, -0.25) is 4.90 Å². The Kier molecular flexibility index (Phi) is 6.26. The summed E-state index contributed by atoms with van der Waals surface area (Å²) in [5.74, 6) is 1.99. The average Bonchev–Trinajstić information content (AvgIpc) is 2.36. The van der Waals surface area contributed by atoms with Crippen molar-refractivity contribution in [3.8, 4) is 0 Å². The normalized spacial score (nSPS) is 24.8. The number of sulfone groups is 1. The first-order valence-corrected chi connectivity index (χ1v) is 9.15. The number of hydrogen-bond acceptors (Lipinski definition) is 5. The number of rotatable bonds is 6. The van der Waals surface area contributed by atoms with E-state index in [1.165, 1.54) is 0 Å². The van der Waals surface area contributed by atoms with Crippen LogP contribution in [0.3, 0.4) is 0 Å². The Labute approximate surface area is 109 Å². The van der Waals surface area contributed by atoms with Gasteiger partial charge in [-0.2, -0.15) is 11.8 Å². The quantitative estimate of drug-likeness (QED) is 0.780. The van der Waals surface area contributed by atoms with Crippen molar-refractivity contribution < 1.29 is 8.42 Å². The van der Waals surface area contributed by atoms with Crippen LogP contribution in [0.4, 0.5) is 0 Å². The Morgan fingerprint density at radius 2 is 2.18 bits per heavy atom. The standard InChI is InChI=1S/C11H24N2O2S2/c1-4-12-8-10(3)13-6-7-16-9-11(13)17(14,15)5-2/h10-12H,4-9H2,1-3H3. The topological polar surface area (TPSA) is 49.4 Å². The van der Waals surface area contributed by atoms with Crippen molar-refractivity contribution in [3.63, 3.8) is 0 Å². The molecule has 1 aliphatic heterocycles. The molecule has 0 aromatic heterocycles. The van der Waals surface area contributed by atoms with Crippen molar-refractivity contribution in [1.29, 1.82) is 0 Å². The van der Waals surface area contributed by atoms with Gasteiger partial charge < -0.3 is 5.32 Å². The van der Waals surface area contributed by atoms with E-state index in [0.717, 1.165) is 25.4 Å². The van der Waals surface area contributed by atoms with E-state index in [9.17, 15) is 8.42 Å². The number of nitrogens with one attached hydrogen (secondary N) is 1. The van der Waals surface area contributed by atoms with Gasteiger partial charge in [0.1, 0.15) is 5.37 Å². The van der Waals surface area contributed by atoms with Gasteiger partial charge in [0.15, 0.2) is 9.84 Å². The van der Waals surface area contributed by atoms with Gasteiger partial charge >= 0.3 is 0 Å². The Hall–Kier alpha value is 0.220. The third-order valence-corrected chi connectivity index (χ3v) is 6.50. The first kappa shape index (κ1) is 15.3. The van der Waals surface area contributed by atoms with E-state index in [2.05, 4.69) is 24.1 Å². The van der Waals surface area contributed by atoms with Crippen molar-refractivity contribution in [2.75, 3.05) is 36.9 Å². The summed E-state index contributed by atoms with van der Waals surface area (Å²) < 4.78 is 24.1. The van der Waals surface area contributed by atoms with Crippen LogP contribution in [0.5, 0.6) is 0 Å². The highest BCUT2D eigenvalue weighted by molar-refractivity contribution is 8.01. The van der Waals surface area contributed by atoms with Gasteiger partial charge in [-0.15, -0.1) is 0 Å². The molecule has 0 spiro atoms. The van der Waals surface area contributed by atoms with Crippen LogP contribution in [-0.4, -0.2) is 61.6 Å². The zero-order valence-electron chi connectivity index (χ0n) is 11.0. The first-order valence-electron chi connectivity index (χ1n) is 6.28. The van der Waals surface area contributed by atoms with Gasteiger partial charge in [-0.25, -0.2) is 8.42 Å². The molecule has 6 heteroatoms. The molecule has 1 N–H and O–H groups in total. The smallest absolute Gasteiger partial charge is 0.166 e. The third-order valence-electron chi connectivity index (χ3n) is 3.20. The van der Waals surface area contributed by atoms with Gasteiger partial charge in [0.05, 0.1) is 0 Å². The van der Waals surface area contributed by atoms with E-state index in [-0.39, 0.29) is 17.2 Å². The molecule has 1 fully saturated rings. The lowest BCUT2D eigenvalue weighted by Crippen LogP contribution is -2.54. The van der Waals surface area contributed by atoms with Crippen molar-refractivity contribution in [2.24, 2.45) is 0 Å². The second kappa shape index (κ2) is 6.97. The van der Waals surface area contributed by atoms with Crippen LogP contribution in [0, 0.1) is 0 Å². The summed E-state index contributed by atoms with van der Waals surface area (Å²) in [7, 11) is -2.96. The molecule has 2 atom stereocenters. The van der Waals surface area contributed by atoms with Gasteiger partial charge in [0.25, 0.3) is 0 Å². The average molecular weight is 280 g/mol. The zero-order chi connectivity index (χ0) is 12.9. The monoisotopic (exact) mass is 280 g/mol. The van der Waals surface area contributed by atoms with E-state index in [4.69, 9.17) is 0 Å². The van der Waals surface area contributed by atoms with Crippen LogP contribution in [0.25, 0.3) is 0 Å². The Morgan fingerprint density at radius 1 is 1.47 bits per heavy atom. The summed E-state index contributed by atoms with van der Waals surface area (Å²) in [6, 6.07) is 0.280. The van der Waals surface area contributed by atoms with Crippen LogP contribution in [-0.2, 0) is 9.84 Å². The van der Waals surface area contributed by atoms with Gasteiger partial charge in [0, 0.05) is 36.4 Å². The van der Waals surface area contributed by atoms with Gasteiger partial charge in [0.2, 0.25) is 0 Å². The molecule has 1 heterocycles. The summed E-state index contributed by atoms with van der Waals surface area (Å²) >= 11 is 1.75. The summed E-state index contributed by atoms with van der Waals surface area (Å²) in [6.45, 7) is 8.58. The molecule has 2 unspecified atom stereocenters. The molecule has 1 rings (SSSR count). The summed E-state index contributed by atoms with van der Waals surface area (Å²) in [5.41, 5.74) is 0. The molecule has 0 saturated carbocycles. The fourth-order valence-electron chi connectivity index (χ4n) is 2.07. The molecule has 0 radical (unpaired) electrons. The fourth-order valence-corrected chi connectivity index (χ4v) is 5.20. The highest BCUT2D eigenvalue weighted by Crippen LogP contribution is 2.23. The molecular weight excluding hydrogens is 256 g/mol. The molecule has 17 heavy (non-hydrogen) atoms. The van der Waals surface area contributed by atoms with Gasteiger partial charge in [-0.05, 0) is 13.5 Å². The fraction of sp³-hybridized carbons (Fsp3) is 1.00. The maximum Gasteiger partial charge on any atom is 0.166 e. The maximum atomic E-state index is 12.1. The Balaban J connectivity index is 2.72. The Morgan fingerprint density at radius 3 is 2.76 bits per heavy atom. The molecule has 4 nitrogen and oxygen atoms in total.